The van der Waals surface area contributed by atoms with Crippen LogP contribution < -0.4 is 5.32 Å². The van der Waals surface area contributed by atoms with Crippen molar-refractivity contribution in [1.29, 1.82) is 5.26 Å². The molecule has 1 aromatic heterocycles. The van der Waals surface area contributed by atoms with Crippen molar-refractivity contribution < 1.29 is 0 Å². The predicted octanol–water partition coefficient (Wildman–Crippen LogP) is 3.18. The average molecular weight is 237 g/mol. The van der Waals surface area contributed by atoms with E-state index in [4.69, 9.17) is 5.26 Å². The maximum atomic E-state index is 9.09. The molecule has 3 heteroatoms. The van der Waals surface area contributed by atoms with Crippen LogP contribution in [-0.2, 0) is 6.54 Å². The molecule has 2 rings (SSSR count). The number of nitriles is 1. The Labute approximate surface area is 107 Å². The summed E-state index contributed by atoms with van der Waals surface area (Å²) in [6, 6.07) is 9.92. The van der Waals surface area contributed by atoms with Gasteiger partial charge in [-0.05, 0) is 42.7 Å². The highest BCUT2D eigenvalue weighted by molar-refractivity contribution is 5.62. The first-order valence-electron chi connectivity index (χ1n) is 5.85. The molecule has 0 saturated carbocycles. The Hall–Kier alpha value is -2.34. The monoisotopic (exact) mass is 237 g/mol. The molecule has 0 saturated heterocycles. The van der Waals surface area contributed by atoms with Gasteiger partial charge in [-0.1, -0.05) is 12.1 Å². The molecule has 18 heavy (non-hydrogen) atoms. The fourth-order valence-electron chi connectivity index (χ4n) is 1.86. The summed E-state index contributed by atoms with van der Waals surface area (Å²) in [5, 5.41) is 12.4. The van der Waals surface area contributed by atoms with Gasteiger partial charge in [-0.25, -0.2) is 0 Å². The van der Waals surface area contributed by atoms with Crippen LogP contribution >= 0.6 is 0 Å². The Morgan fingerprint density at radius 2 is 2.06 bits per heavy atom. The van der Waals surface area contributed by atoms with Gasteiger partial charge < -0.3 is 5.32 Å². The number of aryl methyl sites for hydroxylation is 2. The zero-order valence-corrected chi connectivity index (χ0v) is 10.6. The van der Waals surface area contributed by atoms with Crippen molar-refractivity contribution in [1.82, 2.24) is 4.98 Å². The standard InChI is InChI=1S/C15H15N3/c1-11-6-7-17-9-14(11)10-18-15-12(2)4-3-5-13(15)8-16/h3-7,9,18H,10H2,1-2H3. The molecule has 0 amide bonds. The summed E-state index contributed by atoms with van der Waals surface area (Å²) in [5.74, 6) is 0. The van der Waals surface area contributed by atoms with Crippen molar-refractivity contribution in [3.8, 4) is 6.07 Å². The number of hydrogen-bond donors (Lipinski definition) is 1. The molecule has 0 aliphatic rings. The number of benzene rings is 1. The van der Waals surface area contributed by atoms with E-state index in [-0.39, 0.29) is 0 Å². The van der Waals surface area contributed by atoms with Crippen LogP contribution in [0.3, 0.4) is 0 Å². The van der Waals surface area contributed by atoms with E-state index in [2.05, 4.69) is 23.3 Å². The van der Waals surface area contributed by atoms with E-state index in [1.165, 1.54) is 5.56 Å². The van der Waals surface area contributed by atoms with Crippen LogP contribution in [-0.4, -0.2) is 4.98 Å². The van der Waals surface area contributed by atoms with Crippen LogP contribution in [0.2, 0.25) is 0 Å². The molecule has 0 aliphatic carbocycles. The molecule has 3 nitrogen and oxygen atoms in total. The van der Waals surface area contributed by atoms with Gasteiger partial charge in [-0.2, -0.15) is 5.26 Å². The summed E-state index contributed by atoms with van der Waals surface area (Å²) in [7, 11) is 0. The number of aromatic nitrogens is 1. The predicted molar refractivity (Wildman–Crippen MR) is 72.2 cm³/mol. The summed E-state index contributed by atoms with van der Waals surface area (Å²) in [6.45, 7) is 4.74. The van der Waals surface area contributed by atoms with Crippen LogP contribution in [0.5, 0.6) is 0 Å². The van der Waals surface area contributed by atoms with E-state index < -0.39 is 0 Å². The minimum absolute atomic E-state index is 0.677. The summed E-state index contributed by atoms with van der Waals surface area (Å²) in [5.41, 5.74) is 5.00. The Balaban J connectivity index is 2.22. The van der Waals surface area contributed by atoms with Crippen molar-refractivity contribution in [2.45, 2.75) is 20.4 Å². The summed E-state index contributed by atoms with van der Waals surface area (Å²) >= 11 is 0. The lowest BCUT2D eigenvalue weighted by Crippen LogP contribution is -2.04. The fourth-order valence-corrected chi connectivity index (χ4v) is 1.86. The zero-order chi connectivity index (χ0) is 13.0. The van der Waals surface area contributed by atoms with Gasteiger partial charge >= 0.3 is 0 Å². The van der Waals surface area contributed by atoms with Gasteiger partial charge in [0.2, 0.25) is 0 Å². The van der Waals surface area contributed by atoms with E-state index >= 15 is 0 Å². The second kappa shape index (κ2) is 5.33. The number of para-hydroxylation sites is 1. The van der Waals surface area contributed by atoms with Crippen molar-refractivity contribution in [2.24, 2.45) is 0 Å². The quantitative estimate of drug-likeness (QED) is 0.891. The molecule has 0 fully saturated rings. The lowest BCUT2D eigenvalue weighted by Gasteiger charge is -2.12. The summed E-state index contributed by atoms with van der Waals surface area (Å²) < 4.78 is 0. The molecule has 1 heterocycles. The molecule has 0 atom stereocenters. The lowest BCUT2D eigenvalue weighted by molar-refractivity contribution is 1.08. The zero-order valence-electron chi connectivity index (χ0n) is 10.6. The Morgan fingerprint density at radius 1 is 1.22 bits per heavy atom. The third-order valence-corrected chi connectivity index (χ3v) is 3.00. The first kappa shape index (κ1) is 12.1. The maximum absolute atomic E-state index is 9.09. The van der Waals surface area contributed by atoms with E-state index in [1.54, 1.807) is 6.20 Å². The third kappa shape index (κ3) is 2.49. The van der Waals surface area contributed by atoms with Gasteiger partial charge in [0.1, 0.15) is 6.07 Å². The third-order valence-electron chi connectivity index (χ3n) is 3.00. The summed E-state index contributed by atoms with van der Waals surface area (Å²) in [6.07, 6.45) is 3.64. The highest BCUT2D eigenvalue weighted by Crippen LogP contribution is 2.20. The molecule has 0 radical (unpaired) electrons. The van der Waals surface area contributed by atoms with Crippen molar-refractivity contribution in [3.63, 3.8) is 0 Å². The van der Waals surface area contributed by atoms with E-state index in [1.807, 2.05) is 37.4 Å². The van der Waals surface area contributed by atoms with Crippen LogP contribution in [0.15, 0.2) is 36.7 Å². The Morgan fingerprint density at radius 3 is 2.78 bits per heavy atom. The van der Waals surface area contributed by atoms with Gasteiger partial charge in [-0.3, -0.25) is 4.98 Å². The molecule has 0 aliphatic heterocycles. The highest BCUT2D eigenvalue weighted by atomic mass is 14.9. The molecule has 0 bridgehead atoms. The second-order valence-electron chi connectivity index (χ2n) is 4.26. The topological polar surface area (TPSA) is 48.7 Å². The lowest BCUT2D eigenvalue weighted by atomic mass is 10.1. The maximum Gasteiger partial charge on any atom is 0.101 e. The number of nitrogens with one attached hydrogen (secondary N) is 1. The highest BCUT2D eigenvalue weighted by Gasteiger charge is 2.05. The first-order chi connectivity index (χ1) is 8.72. The average Bonchev–Trinajstić information content (AvgIpc) is 2.39. The summed E-state index contributed by atoms with van der Waals surface area (Å²) in [4.78, 5) is 4.12. The number of pyridine rings is 1. The van der Waals surface area contributed by atoms with Crippen LogP contribution in [0.25, 0.3) is 0 Å². The molecule has 0 spiro atoms. The van der Waals surface area contributed by atoms with E-state index in [0.29, 0.717) is 12.1 Å². The molecular weight excluding hydrogens is 222 g/mol. The minimum Gasteiger partial charge on any atom is -0.380 e. The molecule has 90 valence electrons. The van der Waals surface area contributed by atoms with Gasteiger partial charge in [0.05, 0.1) is 11.3 Å². The number of hydrogen-bond acceptors (Lipinski definition) is 3. The van der Waals surface area contributed by atoms with Crippen LogP contribution in [0.4, 0.5) is 5.69 Å². The second-order valence-corrected chi connectivity index (χ2v) is 4.26. The number of rotatable bonds is 3. The van der Waals surface area contributed by atoms with Crippen molar-refractivity contribution >= 4 is 5.69 Å². The van der Waals surface area contributed by atoms with E-state index in [0.717, 1.165) is 16.8 Å². The fraction of sp³-hybridized carbons (Fsp3) is 0.200. The normalized spacial score (nSPS) is 9.83. The van der Waals surface area contributed by atoms with E-state index in [9.17, 15) is 0 Å². The van der Waals surface area contributed by atoms with Gasteiger partial charge in [0, 0.05) is 18.9 Å². The number of anilines is 1. The van der Waals surface area contributed by atoms with Crippen molar-refractivity contribution in [3.05, 3.63) is 58.9 Å². The van der Waals surface area contributed by atoms with Crippen LogP contribution in [0, 0.1) is 25.2 Å². The molecule has 0 unspecified atom stereocenters. The number of nitrogens with zero attached hydrogens (tertiary/aromatic N) is 2. The molecule has 1 N–H and O–H groups in total. The minimum atomic E-state index is 0.677. The molecular formula is C15H15N3. The van der Waals surface area contributed by atoms with Gasteiger partial charge in [0.25, 0.3) is 0 Å². The van der Waals surface area contributed by atoms with Crippen LogP contribution in [0.1, 0.15) is 22.3 Å². The molecule has 2 aromatic rings. The first-order valence-corrected chi connectivity index (χ1v) is 5.85. The smallest absolute Gasteiger partial charge is 0.101 e. The Bertz CT molecular complexity index is 597. The largest absolute Gasteiger partial charge is 0.380 e. The van der Waals surface area contributed by atoms with Gasteiger partial charge in [-0.15, -0.1) is 0 Å². The van der Waals surface area contributed by atoms with Crippen molar-refractivity contribution in [2.75, 3.05) is 5.32 Å². The van der Waals surface area contributed by atoms with Gasteiger partial charge in [0.15, 0.2) is 0 Å². The molecule has 1 aromatic carbocycles. The SMILES string of the molecule is Cc1ccncc1CNc1c(C)cccc1C#N. The Kier molecular flexibility index (Phi) is 3.59.